The average molecular weight is 267 g/mol. The van der Waals surface area contributed by atoms with Crippen LogP contribution in [0.3, 0.4) is 0 Å². The van der Waals surface area contributed by atoms with Crippen LogP contribution in [0.2, 0.25) is 0 Å². The van der Waals surface area contributed by atoms with Gasteiger partial charge in [-0.3, -0.25) is 0 Å². The second-order valence-electron chi connectivity index (χ2n) is 6.81. The molecule has 0 bridgehead atoms. The molecular formula is C16H29NO2. The second-order valence-corrected chi connectivity index (χ2v) is 6.81. The zero-order valence-corrected chi connectivity index (χ0v) is 12.7. The van der Waals surface area contributed by atoms with Crippen molar-refractivity contribution in [3.63, 3.8) is 0 Å². The highest BCUT2D eigenvalue weighted by Gasteiger charge is 2.44. The SMILES string of the molecule is CCOC1(C(N)C2=COCCC2)CCC(C)(C)CC1. The van der Waals surface area contributed by atoms with Gasteiger partial charge in [0.1, 0.15) is 0 Å². The number of hydrogen-bond acceptors (Lipinski definition) is 3. The van der Waals surface area contributed by atoms with Crippen molar-refractivity contribution in [3.8, 4) is 0 Å². The van der Waals surface area contributed by atoms with Crippen LogP contribution in [0.15, 0.2) is 11.8 Å². The highest BCUT2D eigenvalue weighted by Crippen LogP contribution is 2.45. The summed E-state index contributed by atoms with van der Waals surface area (Å²) < 4.78 is 11.6. The highest BCUT2D eigenvalue weighted by molar-refractivity contribution is 5.17. The molecule has 19 heavy (non-hydrogen) atoms. The lowest BCUT2D eigenvalue weighted by atomic mass is 9.67. The highest BCUT2D eigenvalue weighted by atomic mass is 16.5. The molecule has 3 nitrogen and oxygen atoms in total. The number of rotatable bonds is 4. The summed E-state index contributed by atoms with van der Waals surface area (Å²) in [4.78, 5) is 0. The molecule has 0 aromatic heterocycles. The maximum atomic E-state index is 6.56. The Kier molecular flexibility index (Phi) is 4.57. The minimum atomic E-state index is -0.170. The number of ether oxygens (including phenoxy) is 2. The van der Waals surface area contributed by atoms with E-state index in [1.165, 1.54) is 18.4 Å². The van der Waals surface area contributed by atoms with Crippen molar-refractivity contribution in [3.05, 3.63) is 11.8 Å². The number of nitrogens with two attached hydrogens (primary N) is 1. The summed E-state index contributed by atoms with van der Waals surface area (Å²) in [7, 11) is 0. The van der Waals surface area contributed by atoms with Gasteiger partial charge in [-0.1, -0.05) is 13.8 Å². The Morgan fingerprint density at radius 2 is 2.00 bits per heavy atom. The first-order chi connectivity index (χ1) is 8.99. The van der Waals surface area contributed by atoms with Crippen LogP contribution in [0, 0.1) is 5.41 Å². The van der Waals surface area contributed by atoms with Gasteiger partial charge in [-0.2, -0.15) is 0 Å². The van der Waals surface area contributed by atoms with E-state index in [1.54, 1.807) is 0 Å². The van der Waals surface area contributed by atoms with Gasteiger partial charge in [0.15, 0.2) is 0 Å². The van der Waals surface area contributed by atoms with E-state index < -0.39 is 0 Å². The predicted molar refractivity (Wildman–Crippen MR) is 77.9 cm³/mol. The van der Waals surface area contributed by atoms with E-state index in [0.29, 0.717) is 5.41 Å². The molecule has 1 atom stereocenters. The van der Waals surface area contributed by atoms with E-state index in [9.17, 15) is 0 Å². The Bertz CT molecular complexity index is 326. The Balaban J connectivity index is 2.12. The molecular weight excluding hydrogens is 238 g/mol. The van der Waals surface area contributed by atoms with Crippen molar-refractivity contribution in [2.24, 2.45) is 11.1 Å². The molecule has 0 amide bonds. The minimum absolute atomic E-state index is 0.0103. The van der Waals surface area contributed by atoms with Crippen LogP contribution in [0.1, 0.15) is 59.3 Å². The zero-order chi connectivity index (χ0) is 13.9. The molecule has 1 unspecified atom stereocenters. The molecule has 0 aromatic rings. The third-order valence-corrected chi connectivity index (χ3v) is 4.81. The summed E-state index contributed by atoms with van der Waals surface area (Å²) in [6.07, 6.45) is 8.52. The molecule has 1 heterocycles. The lowest BCUT2D eigenvalue weighted by Crippen LogP contribution is -2.54. The monoisotopic (exact) mass is 267 g/mol. The first-order valence-electron chi connectivity index (χ1n) is 7.69. The van der Waals surface area contributed by atoms with E-state index in [0.717, 1.165) is 38.9 Å². The lowest BCUT2D eigenvalue weighted by molar-refractivity contribution is -0.0935. The van der Waals surface area contributed by atoms with Crippen LogP contribution >= 0.6 is 0 Å². The van der Waals surface area contributed by atoms with E-state index in [4.69, 9.17) is 15.2 Å². The van der Waals surface area contributed by atoms with Crippen LogP contribution in [0.4, 0.5) is 0 Å². The molecule has 1 aliphatic heterocycles. The molecule has 0 radical (unpaired) electrons. The maximum absolute atomic E-state index is 6.56. The van der Waals surface area contributed by atoms with Crippen molar-refractivity contribution in [2.75, 3.05) is 13.2 Å². The molecule has 2 rings (SSSR count). The molecule has 0 saturated heterocycles. The van der Waals surface area contributed by atoms with Gasteiger partial charge in [-0.15, -0.1) is 0 Å². The summed E-state index contributed by atoms with van der Waals surface area (Å²) in [6.45, 7) is 8.32. The first kappa shape index (κ1) is 14.9. The van der Waals surface area contributed by atoms with E-state index in [1.807, 2.05) is 6.26 Å². The smallest absolute Gasteiger partial charge is 0.0876 e. The van der Waals surface area contributed by atoms with Crippen LogP contribution in [-0.2, 0) is 9.47 Å². The number of hydrogen-bond donors (Lipinski definition) is 1. The Morgan fingerprint density at radius 3 is 2.53 bits per heavy atom. The summed E-state index contributed by atoms with van der Waals surface area (Å²) in [5.41, 5.74) is 8.05. The van der Waals surface area contributed by atoms with Gasteiger partial charge in [0.2, 0.25) is 0 Å². The Hall–Kier alpha value is -0.540. The van der Waals surface area contributed by atoms with Crippen molar-refractivity contribution >= 4 is 0 Å². The van der Waals surface area contributed by atoms with Crippen molar-refractivity contribution in [1.29, 1.82) is 0 Å². The fourth-order valence-electron chi connectivity index (χ4n) is 3.33. The van der Waals surface area contributed by atoms with Crippen LogP contribution in [0.25, 0.3) is 0 Å². The fourth-order valence-corrected chi connectivity index (χ4v) is 3.33. The molecule has 1 fully saturated rings. The minimum Gasteiger partial charge on any atom is -0.501 e. The summed E-state index contributed by atoms with van der Waals surface area (Å²) in [5.74, 6) is 0. The summed E-state index contributed by atoms with van der Waals surface area (Å²) >= 11 is 0. The maximum Gasteiger partial charge on any atom is 0.0876 e. The lowest BCUT2D eigenvalue weighted by Gasteiger charge is -2.47. The molecule has 0 aromatic carbocycles. The average Bonchev–Trinajstić information content (AvgIpc) is 2.42. The topological polar surface area (TPSA) is 44.5 Å². The molecule has 2 N–H and O–H groups in total. The third kappa shape index (κ3) is 3.32. The molecule has 1 saturated carbocycles. The van der Waals surface area contributed by atoms with Crippen molar-refractivity contribution in [2.45, 2.75) is 70.9 Å². The van der Waals surface area contributed by atoms with Gasteiger partial charge in [0.05, 0.1) is 24.5 Å². The standard InChI is InChI=1S/C16H29NO2/c1-4-19-16(9-7-15(2,3)8-10-16)14(17)13-6-5-11-18-12-13/h12,14H,4-11,17H2,1-3H3. The fraction of sp³-hybridized carbons (Fsp3) is 0.875. The quantitative estimate of drug-likeness (QED) is 0.849. The molecule has 2 aliphatic rings. The van der Waals surface area contributed by atoms with E-state index in [2.05, 4.69) is 20.8 Å². The molecule has 3 heteroatoms. The molecule has 1 aliphatic carbocycles. The van der Waals surface area contributed by atoms with Crippen molar-refractivity contribution < 1.29 is 9.47 Å². The summed E-state index contributed by atoms with van der Waals surface area (Å²) in [6, 6.07) is -0.0103. The van der Waals surface area contributed by atoms with Gasteiger partial charge < -0.3 is 15.2 Å². The largest absolute Gasteiger partial charge is 0.501 e. The van der Waals surface area contributed by atoms with Crippen LogP contribution < -0.4 is 5.73 Å². The third-order valence-electron chi connectivity index (χ3n) is 4.81. The summed E-state index contributed by atoms with van der Waals surface area (Å²) in [5, 5.41) is 0. The first-order valence-corrected chi connectivity index (χ1v) is 7.69. The van der Waals surface area contributed by atoms with E-state index >= 15 is 0 Å². The van der Waals surface area contributed by atoms with Crippen molar-refractivity contribution in [1.82, 2.24) is 0 Å². The molecule has 0 spiro atoms. The van der Waals surface area contributed by atoms with Crippen LogP contribution in [0.5, 0.6) is 0 Å². The predicted octanol–water partition coefficient (Wildman–Crippen LogP) is 3.38. The van der Waals surface area contributed by atoms with E-state index in [-0.39, 0.29) is 11.6 Å². The van der Waals surface area contributed by atoms with Gasteiger partial charge >= 0.3 is 0 Å². The van der Waals surface area contributed by atoms with Gasteiger partial charge in [-0.05, 0) is 56.4 Å². The van der Waals surface area contributed by atoms with Gasteiger partial charge in [0, 0.05) is 6.61 Å². The van der Waals surface area contributed by atoms with Crippen LogP contribution in [-0.4, -0.2) is 24.9 Å². The zero-order valence-electron chi connectivity index (χ0n) is 12.7. The normalized spacial score (nSPS) is 27.3. The Labute approximate surface area is 117 Å². The molecule has 110 valence electrons. The second kappa shape index (κ2) is 5.84. The van der Waals surface area contributed by atoms with Gasteiger partial charge in [-0.25, -0.2) is 0 Å². The Morgan fingerprint density at radius 1 is 1.32 bits per heavy atom. The van der Waals surface area contributed by atoms with Gasteiger partial charge in [0.25, 0.3) is 0 Å².